The molecule has 0 aliphatic carbocycles. The van der Waals surface area contributed by atoms with Crippen molar-refractivity contribution >= 4 is 27.5 Å². The molecule has 0 heterocycles. The summed E-state index contributed by atoms with van der Waals surface area (Å²) in [4.78, 5) is 13.2. The molecule has 4 N–H and O–H groups in total. The standard InChI is InChI=1S/C34H35N3O2/c1-35-22-29(20-27-12-6-10-24-8-2-4-14-32(24)27)36-23-30(37-34(39)26-16-18-31(38)19-17-26)21-28-13-7-11-25-9-3-5-15-33(25)28/h2-19,29-30,35-36,38H,20-23H2,1H3,(H,37,39)/t29-,30-/m0/s1. The summed E-state index contributed by atoms with van der Waals surface area (Å²) >= 11 is 0. The molecule has 5 nitrogen and oxygen atoms in total. The number of carbonyl (C=O) groups excluding carboxylic acids is 1. The first kappa shape index (κ1) is 26.4. The minimum atomic E-state index is -0.152. The largest absolute Gasteiger partial charge is 0.508 e. The van der Waals surface area contributed by atoms with E-state index in [2.05, 4.69) is 94.8 Å². The van der Waals surface area contributed by atoms with Crippen LogP contribution in [0.3, 0.4) is 0 Å². The Morgan fingerprint density at radius 1 is 0.667 bits per heavy atom. The molecule has 5 heteroatoms. The van der Waals surface area contributed by atoms with E-state index in [0.29, 0.717) is 18.5 Å². The van der Waals surface area contributed by atoms with Crippen LogP contribution in [-0.4, -0.2) is 43.2 Å². The van der Waals surface area contributed by atoms with Crippen LogP contribution in [0.15, 0.2) is 109 Å². The fourth-order valence-electron chi connectivity index (χ4n) is 5.30. The van der Waals surface area contributed by atoms with E-state index in [1.165, 1.54) is 32.7 Å². The van der Waals surface area contributed by atoms with E-state index in [0.717, 1.165) is 13.0 Å². The number of hydrogen-bond acceptors (Lipinski definition) is 4. The summed E-state index contributed by atoms with van der Waals surface area (Å²) in [7, 11) is 1.97. The van der Waals surface area contributed by atoms with Gasteiger partial charge in [-0.05, 0) is 76.8 Å². The smallest absolute Gasteiger partial charge is 0.251 e. The number of benzene rings is 5. The summed E-state index contributed by atoms with van der Waals surface area (Å²) in [5, 5.41) is 24.9. The second-order valence-corrected chi connectivity index (χ2v) is 10.1. The molecule has 1 amide bonds. The Labute approximate surface area is 229 Å². The zero-order chi connectivity index (χ0) is 27.0. The predicted octanol–water partition coefficient (Wildman–Crippen LogP) is 5.46. The molecule has 5 aromatic carbocycles. The number of rotatable bonds is 11. The number of carbonyl (C=O) groups is 1. The molecule has 39 heavy (non-hydrogen) atoms. The summed E-state index contributed by atoms with van der Waals surface area (Å²) < 4.78 is 0. The van der Waals surface area contributed by atoms with Crippen molar-refractivity contribution in [3.8, 4) is 5.75 Å². The molecule has 0 spiro atoms. The first-order valence-corrected chi connectivity index (χ1v) is 13.5. The minimum absolute atomic E-state index is 0.135. The van der Waals surface area contributed by atoms with Gasteiger partial charge in [0, 0.05) is 30.7 Å². The van der Waals surface area contributed by atoms with Crippen molar-refractivity contribution in [3.63, 3.8) is 0 Å². The molecule has 198 valence electrons. The predicted molar refractivity (Wildman–Crippen MR) is 160 cm³/mol. The lowest BCUT2D eigenvalue weighted by atomic mass is 9.97. The minimum Gasteiger partial charge on any atom is -0.508 e. The lowest BCUT2D eigenvalue weighted by Crippen LogP contribution is -2.48. The van der Waals surface area contributed by atoms with E-state index in [4.69, 9.17) is 0 Å². The van der Waals surface area contributed by atoms with E-state index in [9.17, 15) is 9.90 Å². The van der Waals surface area contributed by atoms with Crippen LogP contribution in [-0.2, 0) is 12.8 Å². The highest BCUT2D eigenvalue weighted by Crippen LogP contribution is 2.21. The van der Waals surface area contributed by atoms with Crippen molar-refractivity contribution in [2.75, 3.05) is 20.1 Å². The van der Waals surface area contributed by atoms with Crippen LogP contribution in [0.4, 0.5) is 0 Å². The van der Waals surface area contributed by atoms with Crippen LogP contribution >= 0.6 is 0 Å². The zero-order valence-corrected chi connectivity index (χ0v) is 22.2. The first-order valence-electron chi connectivity index (χ1n) is 13.5. The third-order valence-electron chi connectivity index (χ3n) is 7.26. The number of nitrogens with one attached hydrogen (secondary N) is 3. The zero-order valence-electron chi connectivity index (χ0n) is 22.2. The Hall–Kier alpha value is -4.19. The normalized spacial score (nSPS) is 12.8. The summed E-state index contributed by atoms with van der Waals surface area (Å²) in [5.41, 5.74) is 3.03. The molecule has 0 bridgehead atoms. The Morgan fingerprint density at radius 2 is 1.21 bits per heavy atom. The van der Waals surface area contributed by atoms with Gasteiger partial charge in [-0.3, -0.25) is 4.79 Å². The van der Waals surface area contributed by atoms with Gasteiger partial charge in [-0.2, -0.15) is 0 Å². The van der Waals surface area contributed by atoms with Crippen LogP contribution < -0.4 is 16.0 Å². The van der Waals surface area contributed by atoms with Gasteiger partial charge in [-0.25, -0.2) is 0 Å². The van der Waals surface area contributed by atoms with E-state index in [1.54, 1.807) is 24.3 Å². The number of phenols is 1. The fraction of sp³-hybridized carbons (Fsp3) is 0.206. The van der Waals surface area contributed by atoms with Gasteiger partial charge in [0.25, 0.3) is 5.91 Å². The molecule has 2 atom stereocenters. The van der Waals surface area contributed by atoms with Crippen LogP contribution in [0, 0.1) is 0 Å². The average Bonchev–Trinajstić information content (AvgIpc) is 2.96. The number of hydrogen-bond donors (Lipinski definition) is 4. The highest BCUT2D eigenvalue weighted by molar-refractivity contribution is 5.94. The van der Waals surface area contributed by atoms with Crippen LogP contribution in [0.2, 0.25) is 0 Å². The van der Waals surface area contributed by atoms with Gasteiger partial charge >= 0.3 is 0 Å². The van der Waals surface area contributed by atoms with Gasteiger partial charge in [-0.15, -0.1) is 0 Å². The van der Waals surface area contributed by atoms with Crippen molar-refractivity contribution in [1.82, 2.24) is 16.0 Å². The molecular weight excluding hydrogens is 482 g/mol. The monoisotopic (exact) mass is 517 g/mol. The Kier molecular flexibility index (Phi) is 8.51. The molecule has 5 rings (SSSR count). The lowest BCUT2D eigenvalue weighted by Gasteiger charge is -2.25. The van der Waals surface area contributed by atoms with Crippen molar-refractivity contribution in [1.29, 1.82) is 0 Å². The van der Waals surface area contributed by atoms with Crippen LogP contribution in [0.1, 0.15) is 21.5 Å². The van der Waals surface area contributed by atoms with Gasteiger partial charge in [0.2, 0.25) is 0 Å². The Balaban J connectivity index is 1.36. The topological polar surface area (TPSA) is 73.4 Å². The van der Waals surface area contributed by atoms with Gasteiger partial charge in [0.15, 0.2) is 0 Å². The van der Waals surface area contributed by atoms with Crippen molar-refractivity contribution in [3.05, 3.63) is 126 Å². The van der Waals surface area contributed by atoms with E-state index < -0.39 is 0 Å². The molecule has 0 fully saturated rings. The lowest BCUT2D eigenvalue weighted by molar-refractivity contribution is 0.0935. The fourth-order valence-corrected chi connectivity index (χ4v) is 5.30. The van der Waals surface area contributed by atoms with Crippen LogP contribution in [0.25, 0.3) is 21.5 Å². The van der Waals surface area contributed by atoms with Gasteiger partial charge in [0.1, 0.15) is 5.75 Å². The maximum atomic E-state index is 13.2. The van der Waals surface area contributed by atoms with Crippen molar-refractivity contribution < 1.29 is 9.90 Å². The average molecular weight is 518 g/mol. The van der Waals surface area contributed by atoms with Crippen molar-refractivity contribution in [2.45, 2.75) is 24.9 Å². The molecular formula is C34H35N3O2. The summed E-state index contributed by atoms with van der Waals surface area (Å²) in [6.07, 6.45) is 1.56. The maximum Gasteiger partial charge on any atom is 0.251 e. The second-order valence-electron chi connectivity index (χ2n) is 10.1. The van der Waals surface area contributed by atoms with Crippen LogP contribution in [0.5, 0.6) is 5.75 Å². The summed E-state index contributed by atoms with van der Waals surface area (Å²) in [5.74, 6) is -0.00915. The Bertz CT molecular complexity index is 1540. The highest BCUT2D eigenvalue weighted by Gasteiger charge is 2.19. The van der Waals surface area contributed by atoms with E-state index in [1.807, 2.05) is 13.1 Å². The van der Waals surface area contributed by atoms with E-state index in [-0.39, 0.29) is 23.7 Å². The molecule has 0 saturated heterocycles. The number of aromatic hydroxyl groups is 1. The molecule has 0 saturated carbocycles. The molecule has 0 unspecified atom stereocenters. The third kappa shape index (κ3) is 6.63. The van der Waals surface area contributed by atoms with Gasteiger partial charge < -0.3 is 21.1 Å². The van der Waals surface area contributed by atoms with Gasteiger partial charge in [0.05, 0.1) is 0 Å². The third-order valence-corrected chi connectivity index (χ3v) is 7.26. The summed E-state index contributed by atoms with van der Waals surface area (Å²) in [6.45, 7) is 1.42. The number of fused-ring (bicyclic) bond motifs is 2. The van der Waals surface area contributed by atoms with E-state index >= 15 is 0 Å². The highest BCUT2D eigenvalue weighted by atomic mass is 16.3. The Morgan fingerprint density at radius 3 is 1.79 bits per heavy atom. The molecule has 0 aromatic heterocycles. The number of likely N-dealkylation sites (N-methyl/N-ethyl adjacent to an activating group) is 1. The molecule has 0 aliphatic rings. The molecule has 0 radical (unpaired) electrons. The second kappa shape index (κ2) is 12.6. The summed E-state index contributed by atoms with van der Waals surface area (Å²) in [6, 6.07) is 36.1. The number of phenolic OH excluding ortho intramolecular Hbond substituents is 1. The first-order chi connectivity index (χ1) is 19.1. The quantitative estimate of drug-likeness (QED) is 0.188. The molecule has 0 aliphatic heterocycles. The SMILES string of the molecule is CNC[C@H](Cc1cccc2ccccc12)NC[C@H](Cc1cccc2ccccc12)NC(=O)c1ccc(O)cc1. The van der Waals surface area contributed by atoms with Gasteiger partial charge in [-0.1, -0.05) is 84.9 Å². The number of amides is 1. The maximum absolute atomic E-state index is 13.2. The molecule has 5 aromatic rings. The van der Waals surface area contributed by atoms with Crippen molar-refractivity contribution in [2.24, 2.45) is 0 Å².